The summed E-state index contributed by atoms with van der Waals surface area (Å²) in [7, 11) is -4.19. The molecule has 0 aliphatic carbocycles. The highest BCUT2D eigenvalue weighted by Crippen LogP contribution is 2.26. The fraction of sp³-hybridized carbons (Fsp3) is 0.200. The molecular weight excluding hydrogens is 441 g/mol. The van der Waals surface area contributed by atoms with Gasteiger partial charge in [0.05, 0.1) is 10.6 Å². The van der Waals surface area contributed by atoms with E-state index in [0.29, 0.717) is 12.1 Å². The van der Waals surface area contributed by atoms with E-state index < -0.39 is 28.3 Å². The van der Waals surface area contributed by atoms with E-state index in [-0.39, 0.29) is 10.6 Å². The van der Waals surface area contributed by atoms with E-state index in [1.54, 1.807) is 19.1 Å². The quantitative estimate of drug-likeness (QED) is 0.373. The Hall–Kier alpha value is -3.52. The molecule has 0 spiro atoms. The van der Waals surface area contributed by atoms with Crippen LogP contribution < -0.4 is 9.73 Å². The normalized spacial score (nSPS) is 11.8. The summed E-state index contributed by atoms with van der Waals surface area (Å²) in [5.74, 6) is -1.42. The molecule has 6 nitrogen and oxygen atoms in total. The van der Waals surface area contributed by atoms with Crippen LogP contribution in [0.2, 0.25) is 0 Å². The number of hydrazone groups is 1. The van der Waals surface area contributed by atoms with Crippen molar-refractivity contribution in [2.45, 2.75) is 31.6 Å². The van der Waals surface area contributed by atoms with E-state index in [4.69, 9.17) is 0 Å². The lowest BCUT2D eigenvalue weighted by Gasteiger charge is -2.24. The zero-order valence-corrected chi connectivity index (χ0v) is 19.3. The number of sulfonamides is 1. The van der Waals surface area contributed by atoms with Crippen LogP contribution >= 0.6 is 0 Å². The van der Waals surface area contributed by atoms with Crippen molar-refractivity contribution in [1.29, 1.82) is 0 Å². The number of amides is 1. The van der Waals surface area contributed by atoms with E-state index >= 15 is 0 Å². The van der Waals surface area contributed by atoms with Crippen LogP contribution in [0.25, 0.3) is 0 Å². The number of hydrogen-bond donors (Lipinski definition) is 1. The van der Waals surface area contributed by atoms with Crippen LogP contribution in [0.3, 0.4) is 0 Å². The van der Waals surface area contributed by atoms with Crippen molar-refractivity contribution in [3.05, 3.63) is 95.8 Å². The maximum absolute atomic E-state index is 14.5. The van der Waals surface area contributed by atoms with Gasteiger partial charge < -0.3 is 0 Å². The minimum absolute atomic E-state index is 0.0355. The maximum atomic E-state index is 14.5. The molecule has 0 aliphatic heterocycles. The van der Waals surface area contributed by atoms with Crippen LogP contribution in [0, 0.1) is 12.7 Å². The largest absolute Gasteiger partial charge is 0.271 e. The minimum atomic E-state index is -4.19. The predicted octanol–water partition coefficient (Wildman–Crippen LogP) is 4.45. The molecule has 0 saturated carbocycles. The van der Waals surface area contributed by atoms with Gasteiger partial charge in [-0.15, -0.1) is 0 Å². The fourth-order valence-electron chi connectivity index (χ4n) is 3.14. The minimum Gasteiger partial charge on any atom is -0.271 e. The van der Waals surface area contributed by atoms with E-state index in [0.717, 1.165) is 27.9 Å². The highest BCUT2D eigenvalue weighted by atomic mass is 32.2. The zero-order chi connectivity index (χ0) is 23.8. The number of hydrogen-bond acceptors (Lipinski definition) is 4. The number of rotatable bonds is 9. The van der Waals surface area contributed by atoms with Crippen LogP contribution in [0.5, 0.6) is 0 Å². The number of carbonyl (C=O) groups excluding carboxylic acids is 1. The average molecular weight is 468 g/mol. The molecule has 33 heavy (non-hydrogen) atoms. The topological polar surface area (TPSA) is 78.8 Å². The lowest BCUT2D eigenvalue weighted by atomic mass is 10.1. The first-order valence-electron chi connectivity index (χ1n) is 10.5. The molecule has 172 valence electrons. The number of aryl methyl sites for hydroxylation is 2. The Morgan fingerprint density at radius 2 is 1.61 bits per heavy atom. The molecule has 8 heteroatoms. The fourth-order valence-corrected chi connectivity index (χ4v) is 4.57. The van der Waals surface area contributed by atoms with Crippen LogP contribution in [0.1, 0.15) is 24.5 Å². The van der Waals surface area contributed by atoms with Crippen molar-refractivity contribution in [3.63, 3.8) is 0 Å². The average Bonchev–Trinajstić information content (AvgIpc) is 2.81. The molecular formula is C25H26FN3O3S. The van der Waals surface area contributed by atoms with E-state index in [1.165, 1.54) is 30.3 Å². The number of halogens is 1. The summed E-state index contributed by atoms with van der Waals surface area (Å²) in [5.41, 5.74) is 4.89. The summed E-state index contributed by atoms with van der Waals surface area (Å²) >= 11 is 0. The van der Waals surface area contributed by atoms with Gasteiger partial charge in [-0.25, -0.2) is 18.2 Å². The van der Waals surface area contributed by atoms with Gasteiger partial charge in [-0.3, -0.25) is 9.10 Å². The van der Waals surface area contributed by atoms with Crippen molar-refractivity contribution in [2.75, 3.05) is 10.8 Å². The highest BCUT2D eigenvalue weighted by Gasteiger charge is 2.29. The Labute approximate surface area is 193 Å². The molecule has 1 amide bonds. The summed E-state index contributed by atoms with van der Waals surface area (Å²) in [4.78, 5) is 12.6. The van der Waals surface area contributed by atoms with E-state index in [9.17, 15) is 17.6 Å². The van der Waals surface area contributed by atoms with Crippen molar-refractivity contribution in [2.24, 2.45) is 5.10 Å². The van der Waals surface area contributed by atoms with E-state index in [1.807, 2.05) is 37.3 Å². The van der Waals surface area contributed by atoms with Gasteiger partial charge in [0.2, 0.25) is 0 Å². The molecule has 0 aromatic heterocycles. The summed E-state index contributed by atoms with van der Waals surface area (Å²) in [6, 6.07) is 21.5. The molecule has 1 N–H and O–H groups in total. The number of nitrogens with one attached hydrogen (secondary N) is 1. The Balaban J connectivity index is 1.76. The van der Waals surface area contributed by atoms with Gasteiger partial charge in [-0.2, -0.15) is 5.10 Å². The lowest BCUT2D eigenvalue weighted by Crippen LogP contribution is -2.40. The second-order valence-electron chi connectivity index (χ2n) is 7.64. The number of carbonyl (C=O) groups is 1. The highest BCUT2D eigenvalue weighted by molar-refractivity contribution is 7.92. The molecule has 3 rings (SSSR count). The summed E-state index contributed by atoms with van der Waals surface area (Å²) < 4.78 is 41.8. The summed E-state index contributed by atoms with van der Waals surface area (Å²) in [6.45, 7) is 2.99. The molecule has 3 aromatic carbocycles. The first-order chi connectivity index (χ1) is 15.8. The van der Waals surface area contributed by atoms with Gasteiger partial charge in [0.1, 0.15) is 12.4 Å². The Bertz CT molecular complexity index is 1230. The third kappa shape index (κ3) is 6.49. The first-order valence-corrected chi connectivity index (χ1v) is 11.9. The zero-order valence-electron chi connectivity index (χ0n) is 18.5. The molecule has 0 bridgehead atoms. The predicted molar refractivity (Wildman–Crippen MR) is 128 cm³/mol. The molecule has 0 atom stereocenters. The van der Waals surface area contributed by atoms with Gasteiger partial charge in [-0.1, -0.05) is 60.2 Å². The van der Waals surface area contributed by atoms with Crippen molar-refractivity contribution in [3.8, 4) is 0 Å². The van der Waals surface area contributed by atoms with Crippen molar-refractivity contribution < 1.29 is 17.6 Å². The summed E-state index contributed by atoms with van der Waals surface area (Å²) in [6.07, 6.45) is 1.39. The molecule has 0 unspecified atom stereocenters. The molecule has 0 heterocycles. The van der Waals surface area contributed by atoms with Crippen molar-refractivity contribution in [1.82, 2.24) is 5.43 Å². The Kier molecular flexibility index (Phi) is 7.95. The van der Waals surface area contributed by atoms with Crippen molar-refractivity contribution >= 4 is 27.3 Å². The molecule has 0 fully saturated rings. The molecule has 0 aliphatic rings. The van der Waals surface area contributed by atoms with Gasteiger partial charge in [0.15, 0.2) is 0 Å². The second-order valence-corrected chi connectivity index (χ2v) is 9.51. The number of anilines is 1. The number of para-hydroxylation sites is 1. The molecule has 0 saturated heterocycles. The Morgan fingerprint density at radius 1 is 0.970 bits per heavy atom. The van der Waals surface area contributed by atoms with Crippen LogP contribution in [0.15, 0.2) is 88.9 Å². The maximum Gasteiger partial charge on any atom is 0.264 e. The smallest absolute Gasteiger partial charge is 0.264 e. The number of benzene rings is 3. The van der Waals surface area contributed by atoms with Crippen LogP contribution in [-0.2, 0) is 21.2 Å². The number of nitrogens with zero attached hydrogens (tertiary/aromatic N) is 2. The first kappa shape index (κ1) is 24.1. The van der Waals surface area contributed by atoms with Gasteiger partial charge in [0.25, 0.3) is 15.9 Å². The third-order valence-electron chi connectivity index (χ3n) is 5.01. The molecule has 3 aromatic rings. The molecule has 0 radical (unpaired) electrons. The van der Waals surface area contributed by atoms with Gasteiger partial charge >= 0.3 is 0 Å². The van der Waals surface area contributed by atoms with Crippen LogP contribution in [0.4, 0.5) is 10.1 Å². The standard InChI is InChI=1S/C25H26FN3O3S/c1-19-12-16-22(17-13-19)33(31,32)29(24-11-7-6-10-23(24)26)18-25(30)28-27-20(2)14-15-21-8-4-3-5-9-21/h3-13,16-17H,14-15,18H2,1-2H3,(H,28,30)/b27-20-. The van der Waals surface area contributed by atoms with E-state index in [2.05, 4.69) is 10.5 Å². The lowest BCUT2D eigenvalue weighted by molar-refractivity contribution is -0.119. The second kappa shape index (κ2) is 10.9. The summed E-state index contributed by atoms with van der Waals surface area (Å²) in [5, 5.41) is 4.08. The third-order valence-corrected chi connectivity index (χ3v) is 6.78. The Morgan fingerprint density at radius 3 is 2.27 bits per heavy atom. The van der Waals surface area contributed by atoms with Gasteiger partial charge in [0, 0.05) is 5.71 Å². The van der Waals surface area contributed by atoms with Crippen LogP contribution in [-0.4, -0.2) is 26.6 Å². The SMILES string of the molecule is C/C(CCc1ccccc1)=N/NC(=O)CN(c1ccccc1F)S(=O)(=O)c1ccc(C)cc1. The monoisotopic (exact) mass is 467 g/mol. The van der Waals surface area contributed by atoms with Gasteiger partial charge in [-0.05, 0) is 56.5 Å².